The highest BCUT2D eigenvalue weighted by molar-refractivity contribution is 6.25. The van der Waals surface area contributed by atoms with Gasteiger partial charge in [-0.1, -0.05) is 11.6 Å². The summed E-state index contributed by atoms with van der Waals surface area (Å²) in [6.07, 6.45) is 1.38. The second kappa shape index (κ2) is 7.06. The summed E-state index contributed by atoms with van der Waals surface area (Å²) in [6.45, 7) is 5.08. The second-order valence-electron chi connectivity index (χ2n) is 1.60. The molecule has 0 aromatic carbocycles. The first-order chi connectivity index (χ1) is 4.85. The summed E-state index contributed by atoms with van der Waals surface area (Å²) in [6, 6.07) is 0. The van der Waals surface area contributed by atoms with Crippen LogP contribution in [0.2, 0.25) is 0 Å². The van der Waals surface area contributed by atoms with Crippen LogP contribution in [0.5, 0.6) is 0 Å². The van der Waals surface area contributed by atoms with Crippen LogP contribution >= 0.6 is 11.6 Å². The predicted molar refractivity (Wildman–Crippen MR) is 42.0 cm³/mol. The van der Waals surface area contributed by atoms with Gasteiger partial charge in [0, 0.05) is 18.7 Å². The van der Waals surface area contributed by atoms with Gasteiger partial charge < -0.3 is 9.47 Å². The molecule has 3 heteroatoms. The Morgan fingerprint density at radius 3 is 2.10 bits per heavy atom. The number of ether oxygens (including phenoxy) is 2. The number of halogens is 1. The Morgan fingerprint density at radius 1 is 1.30 bits per heavy atom. The number of rotatable bonds is 5. The zero-order valence-electron chi connectivity index (χ0n) is 6.34. The first kappa shape index (κ1) is 9.95. The Kier molecular flexibility index (Phi) is 7.03. The van der Waals surface area contributed by atoms with Crippen molar-refractivity contribution in [1.82, 2.24) is 0 Å². The van der Waals surface area contributed by atoms with Crippen molar-refractivity contribution in [2.75, 3.05) is 13.2 Å². The smallest absolute Gasteiger partial charge is 0.177 e. The quantitative estimate of drug-likeness (QED) is 0.580. The van der Waals surface area contributed by atoms with E-state index in [0.717, 1.165) is 0 Å². The summed E-state index contributed by atoms with van der Waals surface area (Å²) >= 11 is 5.33. The van der Waals surface area contributed by atoms with Crippen LogP contribution in [0.15, 0.2) is 11.6 Å². The lowest BCUT2D eigenvalue weighted by molar-refractivity contribution is -0.103. The molecule has 0 aromatic heterocycles. The average Bonchev–Trinajstić information content (AvgIpc) is 1.90. The summed E-state index contributed by atoms with van der Waals surface area (Å²) in [4.78, 5) is 0. The Balaban J connectivity index is 3.50. The van der Waals surface area contributed by atoms with Crippen LogP contribution < -0.4 is 0 Å². The largest absolute Gasteiger partial charge is 0.349 e. The molecule has 0 saturated carbocycles. The molecule has 0 amide bonds. The molecule has 0 radical (unpaired) electrons. The highest BCUT2D eigenvalue weighted by atomic mass is 35.5. The molecule has 0 fully saturated rings. The lowest BCUT2D eigenvalue weighted by Gasteiger charge is -2.11. The van der Waals surface area contributed by atoms with Crippen molar-refractivity contribution in [2.24, 2.45) is 0 Å². The normalized spacial score (nSPS) is 11.6. The van der Waals surface area contributed by atoms with E-state index < -0.39 is 0 Å². The highest BCUT2D eigenvalue weighted by Gasteiger charge is 1.99. The first-order valence-corrected chi connectivity index (χ1v) is 3.78. The van der Waals surface area contributed by atoms with Crippen molar-refractivity contribution in [3.05, 3.63) is 11.6 Å². The predicted octanol–water partition coefficient (Wildman–Crippen LogP) is 2.14. The second-order valence-corrected chi connectivity index (χ2v) is 1.85. The van der Waals surface area contributed by atoms with Crippen molar-refractivity contribution in [3.63, 3.8) is 0 Å². The van der Waals surface area contributed by atoms with Gasteiger partial charge in [-0.15, -0.1) is 0 Å². The van der Waals surface area contributed by atoms with Crippen molar-refractivity contribution in [3.8, 4) is 0 Å². The third-order valence-corrected chi connectivity index (χ3v) is 1.04. The molecule has 0 aliphatic heterocycles. The minimum absolute atomic E-state index is 0.285. The van der Waals surface area contributed by atoms with Crippen molar-refractivity contribution in [1.29, 1.82) is 0 Å². The van der Waals surface area contributed by atoms with Gasteiger partial charge in [-0.3, -0.25) is 0 Å². The van der Waals surface area contributed by atoms with Crippen molar-refractivity contribution in [2.45, 2.75) is 20.1 Å². The van der Waals surface area contributed by atoms with Gasteiger partial charge in [-0.05, 0) is 19.9 Å². The molecule has 0 unspecified atom stereocenters. The molecule has 10 heavy (non-hydrogen) atoms. The molecular formula is C7H13ClO2. The zero-order valence-corrected chi connectivity index (χ0v) is 7.10. The summed E-state index contributed by atoms with van der Waals surface area (Å²) < 4.78 is 10.3. The first-order valence-electron chi connectivity index (χ1n) is 3.35. The van der Waals surface area contributed by atoms with E-state index in [4.69, 9.17) is 21.1 Å². The molecule has 0 bridgehead atoms. The summed E-state index contributed by atoms with van der Waals surface area (Å²) in [5.74, 6) is 0. The molecule has 0 aliphatic carbocycles. The summed E-state index contributed by atoms with van der Waals surface area (Å²) in [7, 11) is 0. The van der Waals surface area contributed by atoms with Crippen LogP contribution in [0.4, 0.5) is 0 Å². The zero-order chi connectivity index (χ0) is 7.82. The van der Waals surface area contributed by atoms with Crippen LogP contribution in [0.25, 0.3) is 0 Å². The molecule has 0 rings (SSSR count). The molecule has 60 valence electrons. The van der Waals surface area contributed by atoms with E-state index in [1.807, 2.05) is 13.8 Å². The van der Waals surface area contributed by atoms with Gasteiger partial charge in [0.2, 0.25) is 0 Å². The van der Waals surface area contributed by atoms with E-state index in [1.54, 1.807) is 6.08 Å². The Morgan fingerprint density at radius 2 is 1.80 bits per heavy atom. The summed E-state index contributed by atoms with van der Waals surface area (Å²) in [5.41, 5.74) is 1.40. The van der Waals surface area contributed by atoms with E-state index >= 15 is 0 Å². The monoisotopic (exact) mass is 164 g/mol. The van der Waals surface area contributed by atoms with E-state index in [0.29, 0.717) is 13.2 Å². The van der Waals surface area contributed by atoms with Crippen LogP contribution in [0.1, 0.15) is 13.8 Å². The van der Waals surface area contributed by atoms with Crippen LogP contribution in [0, 0.1) is 0 Å². The molecule has 0 heterocycles. The third-order valence-electron chi connectivity index (χ3n) is 0.892. The van der Waals surface area contributed by atoms with Gasteiger partial charge in [0.05, 0.1) is 0 Å². The van der Waals surface area contributed by atoms with Crippen LogP contribution in [-0.2, 0) is 9.47 Å². The Hall–Kier alpha value is -0.0500. The van der Waals surface area contributed by atoms with E-state index in [-0.39, 0.29) is 6.29 Å². The van der Waals surface area contributed by atoms with Gasteiger partial charge in [-0.2, -0.15) is 0 Å². The van der Waals surface area contributed by atoms with Gasteiger partial charge in [0.25, 0.3) is 0 Å². The highest BCUT2D eigenvalue weighted by Crippen LogP contribution is 1.97. The molecule has 0 atom stereocenters. The minimum atomic E-state index is -0.285. The molecular weight excluding hydrogens is 152 g/mol. The van der Waals surface area contributed by atoms with Gasteiger partial charge in [0.1, 0.15) is 0 Å². The molecule has 0 aromatic rings. The van der Waals surface area contributed by atoms with Crippen LogP contribution in [-0.4, -0.2) is 19.5 Å². The molecule has 0 N–H and O–H groups in total. The van der Waals surface area contributed by atoms with E-state index in [1.165, 1.54) is 5.54 Å². The maximum atomic E-state index is 5.33. The van der Waals surface area contributed by atoms with E-state index in [2.05, 4.69) is 0 Å². The fraction of sp³-hybridized carbons (Fsp3) is 0.714. The molecule has 0 saturated heterocycles. The Labute approximate surface area is 66.8 Å². The fourth-order valence-electron chi connectivity index (χ4n) is 0.547. The summed E-state index contributed by atoms with van der Waals surface area (Å²) in [5, 5.41) is 0. The number of hydrogen-bond acceptors (Lipinski definition) is 2. The molecule has 0 spiro atoms. The topological polar surface area (TPSA) is 18.5 Å². The minimum Gasteiger partial charge on any atom is -0.349 e. The third kappa shape index (κ3) is 4.79. The van der Waals surface area contributed by atoms with Crippen molar-refractivity contribution >= 4 is 11.6 Å². The van der Waals surface area contributed by atoms with E-state index in [9.17, 15) is 0 Å². The fourth-order valence-corrected chi connectivity index (χ4v) is 0.666. The van der Waals surface area contributed by atoms with Crippen LogP contribution in [0.3, 0.4) is 0 Å². The molecule has 2 nitrogen and oxygen atoms in total. The average molecular weight is 165 g/mol. The van der Waals surface area contributed by atoms with Gasteiger partial charge >= 0.3 is 0 Å². The maximum Gasteiger partial charge on any atom is 0.177 e. The lowest BCUT2D eigenvalue weighted by atomic mass is 10.6. The lowest BCUT2D eigenvalue weighted by Crippen LogP contribution is -2.13. The Bertz CT molecular complexity index is 87.6. The van der Waals surface area contributed by atoms with Crippen molar-refractivity contribution < 1.29 is 9.47 Å². The maximum absolute atomic E-state index is 5.33. The van der Waals surface area contributed by atoms with Gasteiger partial charge in [-0.25, -0.2) is 0 Å². The number of hydrogen-bond donors (Lipinski definition) is 0. The molecule has 0 aliphatic rings. The van der Waals surface area contributed by atoms with Gasteiger partial charge in [0.15, 0.2) is 6.29 Å². The SMILES string of the molecule is CCOC(/C=C\Cl)OCC. The standard InChI is InChI=1S/C7H13ClO2/c1-3-9-7(5-6-8)10-4-2/h5-7H,3-4H2,1-2H3/b6-5-.